The van der Waals surface area contributed by atoms with Crippen molar-refractivity contribution in [3.63, 3.8) is 0 Å². The number of rotatable bonds is 2. The number of halogens is 3. The summed E-state index contributed by atoms with van der Waals surface area (Å²) in [5.74, 6) is 0. The molecule has 2 N–H and O–H groups in total. The highest BCUT2D eigenvalue weighted by atomic mass is 127. The zero-order valence-electron chi connectivity index (χ0n) is 10.1. The Balaban J connectivity index is 2.16. The fourth-order valence-electron chi connectivity index (χ4n) is 2.12. The fraction of sp³-hybridized carbons (Fsp3) is 0.0714. The van der Waals surface area contributed by atoms with Gasteiger partial charge in [0.1, 0.15) is 0 Å². The monoisotopic (exact) mass is 462 g/mol. The number of aromatic amines is 2. The second-order valence-electron chi connectivity index (χ2n) is 4.38. The average Bonchev–Trinajstić information content (AvgIpc) is 2.76. The van der Waals surface area contributed by atoms with Gasteiger partial charge in [0.25, 0.3) is 0 Å². The molecular formula is C14H9BrClIN2O. The highest BCUT2D eigenvalue weighted by Gasteiger charge is 2.17. The minimum absolute atomic E-state index is 0.218. The van der Waals surface area contributed by atoms with Crippen molar-refractivity contribution in [1.29, 1.82) is 0 Å². The van der Waals surface area contributed by atoms with E-state index in [4.69, 9.17) is 11.6 Å². The molecular weight excluding hydrogens is 454 g/mol. The van der Waals surface area contributed by atoms with Crippen LogP contribution in [0.1, 0.15) is 16.5 Å². The van der Waals surface area contributed by atoms with Gasteiger partial charge in [-0.05, 0) is 51.9 Å². The van der Waals surface area contributed by atoms with E-state index < -0.39 is 0 Å². The van der Waals surface area contributed by atoms with Crippen LogP contribution in [0.25, 0.3) is 11.0 Å². The van der Waals surface area contributed by atoms with E-state index in [2.05, 4.69) is 48.5 Å². The lowest BCUT2D eigenvalue weighted by atomic mass is 10.0. The summed E-state index contributed by atoms with van der Waals surface area (Å²) in [4.78, 5) is 16.8. The maximum absolute atomic E-state index is 11.3. The minimum Gasteiger partial charge on any atom is -0.306 e. The summed E-state index contributed by atoms with van der Waals surface area (Å²) in [6.07, 6.45) is 0. The molecule has 3 nitrogen and oxygen atoms in total. The van der Waals surface area contributed by atoms with E-state index in [9.17, 15) is 4.79 Å². The van der Waals surface area contributed by atoms with E-state index in [1.807, 2.05) is 36.4 Å². The molecule has 102 valence electrons. The second-order valence-corrected chi connectivity index (χ2v) is 6.84. The normalized spacial score (nSPS) is 12.8. The molecule has 0 aliphatic carbocycles. The predicted octanol–water partition coefficient (Wildman–Crippen LogP) is 4.55. The average molecular weight is 464 g/mol. The highest BCUT2D eigenvalue weighted by Crippen LogP contribution is 2.37. The van der Waals surface area contributed by atoms with Crippen LogP contribution in [0.4, 0.5) is 0 Å². The fourth-order valence-corrected chi connectivity index (χ4v) is 4.07. The predicted molar refractivity (Wildman–Crippen MR) is 93.5 cm³/mol. The number of nitrogens with one attached hydrogen (secondary N) is 2. The Kier molecular flexibility index (Phi) is 3.92. The summed E-state index contributed by atoms with van der Waals surface area (Å²) in [7, 11) is 0. The molecule has 3 rings (SSSR count). The van der Waals surface area contributed by atoms with Crippen LogP contribution in [0, 0.1) is 3.57 Å². The van der Waals surface area contributed by atoms with Crippen molar-refractivity contribution in [2.75, 3.05) is 0 Å². The molecule has 0 saturated carbocycles. The summed E-state index contributed by atoms with van der Waals surface area (Å²) in [6, 6.07) is 11.8. The number of imidazole rings is 1. The molecule has 0 aliphatic heterocycles. The molecule has 0 spiro atoms. The number of fused-ring (bicyclic) bond motifs is 1. The molecule has 0 saturated heterocycles. The lowest BCUT2D eigenvalue weighted by molar-refractivity contribution is 1.12. The summed E-state index contributed by atoms with van der Waals surface area (Å²) < 4.78 is 1.99. The zero-order chi connectivity index (χ0) is 14.3. The number of hydrogen-bond donors (Lipinski definition) is 2. The summed E-state index contributed by atoms with van der Waals surface area (Å²) in [5, 5.41) is -0.278. The van der Waals surface area contributed by atoms with Gasteiger partial charge in [-0.15, -0.1) is 11.6 Å². The molecule has 3 aromatic rings. The molecule has 2 aromatic carbocycles. The van der Waals surface area contributed by atoms with Gasteiger partial charge in [0, 0.05) is 8.04 Å². The maximum atomic E-state index is 11.3. The zero-order valence-corrected chi connectivity index (χ0v) is 14.6. The largest absolute Gasteiger partial charge is 0.323 e. The smallest absolute Gasteiger partial charge is 0.306 e. The first-order valence-electron chi connectivity index (χ1n) is 5.86. The van der Waals surface area contributed by atoms with Crippen LogP contribution >= 0.6 is 50.1 Å². The molecule has 0 fully saturated rings. The van der Waals surface area contributed by atoms with Crippen LogP contribution in [-0.2, 0) is 0 Å². The van der Waals surface area contributed by atoms with Gasteiger partial charge in [0.15, 0.2) is 0 Å². The molecule has 0 bridgehead atoms. The third-order valence-electron chi connectivity index (χ3n) is 3.08. The van der Waals surface area contributed by atoms with Crippen molar-refractivity contribution in [3.8, 4) is 0 Å². The topological polar surface area (TPSA) is 48.6 Å². The number of hydrogen-bond acceptors (Lipinski definition) is 1. The Morgan fingerprint density at radius 3 is 2.45 bits per heavy atom. The van der Waals surface area contributed by atoms with Crippen molar-refractivity contribution in [2.45, 2.75) is 5.38 Å². The molecule has 1 heterocycles. The first kappa shape index (κ1) is 14.2. The first-order chi connectivity index (χ1) is 9.56. The van der Waals surface area contributed by atoms with Crippen molar-refractivity contribution in [2.24, 2.45) is 0 Å². The van der Waals surface area contributed by atoms with E-state index in [1.54, 1.807) is 0 Å². The van der Waals surface area contributed by atoms with Gasteiger partial charge in [-0.25, -0.2) is 4.79 Å². The third kappa shape index (κ3) is 2.54. The SMILES string of the molecule is O=c1[nH]c2cc(Br)c(C(Cl)c3ccccc3I)cc2[nH]1. The Morgan fingerprint density at radius 2 is 1.75 bits per heavy atom. The van der Waals surface area contributed by atoms with Crippen LogP contribution in [0.15, 0.2) is 45.7 Å². The minimum atomic E-state index is -0.278. The molecule has 1 unspecified atom stereocenters. The van der Waals surface area contributed by atoms with E-state index in [0.29, 0.717) is 0 Å². The standard InChI is InChI=1S/C14H9BrClIN2O/c15-9-6-12-11(18-14(20)19-12)5-8(9)13(16)7-3-1-2-4-10(7)17/h1-6,13H,(H2,18,19,20). The Hall–Kier alpha value is -0.790. The lowest BCUT2D eigenvalue weighted by Crippen LogP contribution is -1.99. The first-order valence-corrected chi connectivity index (χ1v) is 8.17. The molecule has 0 radical (unpaired) electrons. The van der Waals surface area contributed by atoms with E-state index >= 15 is 0 Å². The molecule has 20 heavy (non-hydrogen) atoms. The van der Waals surface area contributed by atoms with E-state index in [-0.39, 0.29) is 11.1 Å². The highest BCUT2D eigenvalue weighted by molar-refractivity contribution is 14.1. The van der Waals surface area contributed by atoms with Gasteiger partial charge in [0.05, 0.1) is 16.4 Å². The lowest BCUT2D eigenvalue weighted by Gasteiger charge is -2.14. The summed E-state index contributed by atoms with van der Waals surface area (Å²) in [6.45, 7) is 0. The van der Waals surface area contributed by atoms with Crippen molar-refractivity contribution in [3.05, 3.63) is 66.1 Å². The van der Waals surface area contributed by atoms with Crippen LogP contribution in [0.5, 0.6) is 0 Å². The molecule has 6 heteroatoms. The molecule has 1 atom stereocenters. The number of benzene rings is 2. The van der Waals surface area contributed by atoms with Crippen LogP contribution in [-0.4, -0.2) is 9.97 Å². The summed E-state index contributed by atoms with van der Waals surface area (Å²) in [5.41, 5.74) is 3.28. The van der Waals surface area contributed by atoms with Gasteiger partial charge in [-0.2, -0.15) is 0 Å². The Labute approximate surface area is 142 Å². The van der Waals surface area contributed by atoms with Crippen molar-refractivity contribution in [1.82, 2.24) is 9.97 Å². The van der Waals surface area contributed by atoms with Gasteiger partial charge < -0.3 is 9.97 Å². The van der Waals surface area contributed by atoms with Gasteiger partial charge in [-0.1, -0.05) is 34.1 Å². The molecule has 1 aromatic heterocycles. The van der Waals surface area contributed by atoms with Crippen molar-refractivity contribution < 1.29 is 0 Å². The van der Waals surface area contributed by atoms with Crippen LogP contribution in [0.3, 0.4) is 0 Å². The van der Waals surface area contributed by atoms with Gasteiger partial charge >= 0.3 is 5.69 Å². The quantitative estimate of drug-likeness (QED) is 0.425. The summed E-state index contributed by atoms with van der Waals surface area (Å²) >= 11 is 12.4. The van der Waals surface area contributed by atoms with E-state index in [0.717, 1.165) is 30.2 Å². The number of alkyl halides is 1. The second kappa shape index (κ2) is 5.54. The number of aromatic nitrogens is 2. The Bertz CT molecular complexity index is 843. The van der Waals surface area contributed by atoms with E-state index in [1.165, 1.54) is 0 Å². The molecule has 0 amide bonds. The molecule has 0 aliphatic rings. The number of H-pyrrole nitrogens is 2. The van der Waals surface area contributed by atoms with Crippen LogP contribution in [0.2, 0.25) is 0 Å². The van der Waals surface area contributed by atoms with Crippen molar-refractivity contribution >= 4 is 61.2 Å². The Morgan fingerprint density at radius 1 is 1.10 bits per heavy atom. The van der Waals surface area contributed by atoms with Gasteiger partial charge in [-0.3, -0.25) is 0 Å². The van der Waals surface area contributed by atoms with Crippen LogP contribution < -0.4 is 5.69 Å². The van der Waals surface area contributed by atoms with Gasteiger partial charge in [0.2, 0.25) is 0 Å². The maximum Gasteiger partial charge on any atom is 0.323 e. The third-order valence-corrected chi connectivity index (χ3v) is 5.22.